The van der Waals surface area contributed by atoms with Gasteiger partial charge in [0.25, 0.3) is 0 Å². The first-order valence-electron chi connectivity index (χ1n) is 6.42. The summed E-state index contributed by atoms with van der Waals surface area (Å²) in [4.78, 5) is 0. The van der Waals surface area contributed by atoms with Crippen molar-refractivity contribution in [2.45, 2.75) is 26.4 Å². The van der Waals surface area contributed by atoms with Crippen molar-refractivity contribution in [3.05, 3.63) is 68.7 Å². The molecular weight excluding hydrogens is 322 g/mol. The van der Waals surface area contributed by atoms with Crippen molar-refractivity contribution in [3.63, 3.8) is 0 Å². The normalized spacial score (nSPS) is 10.7. The summed E-state index contributed by atoms with van der Waals surface area (Å²) in [6, 6.07) is 14.6. The summed E-state index contributed by atoms with van der Waals surface area (Å²) in [6.45, 7) is 3.92. The molecule has 0 saturated heterocycles. The van der Waals surface area contributed by atoms with E-state index >= 15 is 0 Å². The maximum absolute atomic E-state index is 5.98. The highest BCUT2D eigenvalue weighted by Crippen LogP contribution is 2.23. The Kier molecular flexibility index (Phi) is 5.44. The molecule has 0 aliphatic carbocycles. The van der Waals surface area contributed by atoms with Gasteiger partial charge >= 0.3 is 0 Å². The standard InChI is InChI=1S/C16H17BrClN/c1-2-13-5-3-4-6-14(13)11-19-10-12-7-8-16(18)15(17)9-12/h3-9,19H,2,10-11H2,1H3. The summed E-state index contributed by atoms with van der Waals surface area (Å²) in [5.74, 6) is 0. The fourth-order valence-corrected chi connectivity index (χ4v) is 2.61. The zero-order valence-electron chi connectivity index (χ0n) is 10.9. The molecule has 0 amide bonds. The molecule has 100 valence electrons. The van der Waals surface area contributed by atoms with Crippen LogP contribution in [0.4, 0.5) is 0 Å². The van der Waals surface area contributed by atoms with Crippen LogP contribution in [0.15, 0.2) is 46.9 Å². The molecule has 1 N–H and O–H groups in total. The largest absolute Gasteiger partial charge is 0.309 e. The topological polar surface area (TPSA) is 12.0 Å². The minimum Gasteiger partial charge on any atom is -0.309 e. The van der Waals surface area contributed by atoms with E-state index in [4.69, 9.17) is 11.6 Å². The Morgan fingerprint density at radius 2 is 1.79 bits per heavy atom. The average molecular weight is 339 g/mol. The maximum Gasteiger partial charge on any atom is 0.0548 e. The van der Waals surface area contributed by atoms with Crippen molar-refractivity contribution >= 4 is 27.5 Å². The van der Waals surface area contributed by atoms with E-state index in [0.29, 0.717) is 0 Å². The van der Waals surface area contributed by atoms with Crippen LogP contribution < -0.4 is 5.32 Å². The van der Waals surface area contributed by atoms with Gasteiger partial charge in [-0.05, 0) is 51.2 Å². The Bertz CT molecular complexity index is 554. The second-order valence-electron chi connectivity index (χ2n) is 4.47. The Hall–Kier alpha value is -0.830. The number of hydrogen-bond acceptors (Lipinski definition) is 1. The predicted octanol–water partition coefficient (Wildman–Crippen LogP) is 4.95. The van der Waals surface area contributed by atoms with E-state index < -0.39 is 0 Å². The zero-order chi connectivity index (χ0) is 13.7. The van der Waals surface area contributed by atoms with Gasteiger partial charge in [0.05, 0.1) is 5.02 Å². The highest BCUT2D eigenvalue weighted by Gasteiger charge is 2.01. The second-order valence-corrected chi connectivity index (χ2v) is 5.74. The number of aryl methyl sites for hydroxylation is 1. The van der Waals surface area contributed by atoms with Crippen LogP contribution in [0.5, 0.6) is 0 Å². The molecule has 2 aromatic rings. The first-order chi connectivity index (χ1) is 9.20. The summed E-state index contributed by atoms with van der Waals surface area (Å²) < 4.78 is 0.947. The molecule has 2 aromatic carbocycles. The van der Waals surface area contributed by atoms with Gasteiger partial charge < -0.3 is 5.32 Å². The number of benzene rings is 2. The highest BCUT2D eigenvalue weighted by molar-refractivity contribution is 9.10. The molecule has 2 rings (SSSR count). The minimum absolute atomic E-state index is 0.750. The van der Waals surface area contributed by atoms with Crippen LogP contribution >= 0.6 is 27.5 Å². The maximum atomic E-state index is 5.98. The van der Waals surface area contributed by atoms with Crippen molar-refractivity contribution < 1.29 is 0 Å². The third-order valence-electron chi connectivity index (χ3n) is 3.13. The summed E-state index contributed by atoms with van der Waals surface area (Å²) >= 11 is 9.43. The van der Waals surface area contributed by atoms with Crippen molar-refractivity contribution in [2.24, 2.45) is 0 Å². The lowest BCUT2D eigenvalue weighted by atomic mass is 10.1. The Labute approximate surface area is 128 Å². The smallest absolute Gasteiger partial charge is 0.0548 e. The van der Waals surface area contributed by atoms with Gasteiger partial charge in [0.1, 0.15) is 0 Å². The summed E-state index contributed by atoms with van der Waals surface area (Å²) in [5, 5.41) is 4.23. The summed E-state index contributed by atoms with van der Waals surface area (Å²) in [7, 11) is 0. The van der Waals surface area contributed by atoms with Crippen LogP contribution in [-0.4, -0.2) is 0 Å². The van der Waals surface area contributed by atoms with E-state index in [1.807, 2.05) is 12.1 Å². The molecule has 1 nitrogen and oxygen atoms in total. The third-order valence-corrected chi connectivity index (χ3v) is 4.34. The van der Waals surface area contributed by atoms with Crippen LogP contribution in [0, 0.1) is 0 Å². The Morgan fingerprint density at radius 3 is 2.47 bits per heavy atom. The molecule has 0 atom stereocenters. The first kappa shape index (κ1) is 14.6. The van der Waals surface area contributed by atoms with Crippen molar-refractivity contribution in [1.82, 2.24) is 5.32 Å². The molecule has 19 heavy (non-hydrogen) atoms. The quantitative estimate of drug-likeness (QED) is 0.813. The summed E-state index contributed by atoms with van der Waals surface area (Å²) in [5.41, 5.74) is 4.01. The fourth-order valence-electron chi connectivity index (χ4n) is 2.07. The Morgan fingerprint density at radius 1 is 1.05 bits per heavy atom. The van der Waals surface area contributed by atoms with Gasteiger partial charge in [-0.2, -0.15) is 0 Å². The van der Waals surface area contributed by atoms with E-state index in [1.165, 1.54) is 16.7 Å². The molecule has 0 aromatic heterocycles. The van der Waals surface area contributed by atoms with Crippen LogP contribution in [0.25, 0.3) is 0 Å². The van der Waals surface area contributed by atoms with E-state index in [9.17, 15) is 0 Å². The van der Waals surface area contributed by atoms with Gasteiger partial charge in [-0.1, -0.05) is 48.9 Å². The number of halogens is 2. The molecule has 0 unspecified atom stereocenters. The van der Waals surface area contributed by atoms with Crippen molar-refractivity contribution in [2.75, 3.05) is 0 Å². The van der Waals surface area contributed by atoms with E-state index in [-0.39, 0.29) is 0 Å². The Balaban J connectivity index is 1.94. The van der Waals surface area contributed by atoms with Gasteiger partial charge in [0.2, 0.25) is 0 Å². The van der Waals surface area contributed by atoms with Crippen LogP contribution in [-0.2, 0) is 19.5 Å². The van der Waals surface area contributed by atoms with Crippen LogP contribution in [0.3, 0.4) is 0 Å². The summed E-state index contributed by atoms with van der Waals surface area (Å²) in [6.07, 6.45) is 1.07. The molecule has 0 fully saturated rings. The molecule has 0 heterocycles. The number of rotatable bonds is 5. The number of hydrogen-bond donors (Lipinski definition) is 1. The molecule has 0 bridgehead atoms. The molecule has 0 spiro atoms. The van der Waals surface area contributed by atoms with Gasteiger partial charge in [-0.15, -0.1) is 0 Å². The lowest BCUT2D eigenvalue weighted by molar-refractivity contribution is 0.688. The van der Waals surface area contributed by atoms with Crippen molar-refractivity contribution in [3.8, 4) is 0 Å². The fraction of sp³-hybridized carbons (Fsp3) is 0.250. The molecular formula is C16H17BrClN. The van der Waals surface area contributed by atoms with E-state index in [1.54, 1.807) is 0 Å². The van der Waals surface area contributed by atoms with Crippen molar-refractivity contribution in [1.29, 1.82) is 0 Å². The molecule has 0 saturated carbocycles. The molecule has 0 aliphatic heterocycles. The van der Waals surface area contributed by atoms with Crippen LogP contribution in [0.1, 0.15) is 23.6 Å². The zero-order valence-corrected chi connectivity index (χ0v) is 13.3. The van der Waals surface area contributed by atoms with Gasteiger partial charge in [-0.25, -0.2) is 0 Å². The second kappa shape index (κ2) is 7.09. The predicted molar refractivity (Wildman–Crippen MR) is 85.5 cm³/mol. The highest BCUT2D eigenvalue weighted by atomic mass is 79.9. The van der Waals surface area contributed by atoms with Crippen LogP contribution in [0.2, 0.25) is 5.02 Å². The monoisotopic (exact) mass is 337 g/mol. The molecule has 0 radical (unpaired) electrons. The third kappa shape index (κ3) is 4.07. The van der Waals surface area contributed by atoms with E-state index in [0.717, 1.165) is 29.0 Å². The average Bonchev–Trinajstić information content (AvgIpc) is 2.43. The lowest BCUT2D eigenvalue weighted by Gasteiger charge is -2.09. The lowest BCUT2D eigenvalue weighted by Crippen LogP contribution is -2.13. The minimum atomic E-state index is 0.750. The number of nitrogens with one attached hydrogen (secondary N) is 1. The van der Waals surface area contributed by atoms with Gasteiger partial charge in [0, 0.05) is 17.6 Å². The van der Waals surface area contributed by atoms with Gasteiger partial charge in [0.15, 0.2) is 0 Å². The SMILES string of the molecule is CCc1ccccc1CNCc1ccc(Cl)c(Br)c1. The first-order valence-corrected chi connectivity index (χ1v) is 7.59. The van der Waals surface area contributed by atoms with E-state index in [2.05, 4.69) is 58.5 Å². The molecule has 0 aliphatic rings. The van der Waals surface area contributed by atoms with Gasteiger partial charge in [-0.3, -0.25) is 0 Å². The molecule has 3 heteroatoms.